The van der Waals surface area contributed by atoms with Crippen molar-refractivity contribution in [2.75, 3.05) is 19.0 Å². The van der Waals surface area contributed by atoms with E-state index >= 15 is 0 Å². The Kier molecular flexibility index (Phi) is 4.86. The monoisotopic (exact) mass is 292 g/mol. The van der Waals surface area contributed by atoms with Crippen molar-refractivity contribution in [2.45, 2.75) is 20.3 Å². The van der Waals surface area contributed by atoms with E-state index in [9.17, 15) is 4.39 Å². The SMILES string of the molecule is CCCNc1nc(OC)nc(Oc2ccc(C)c(F)c2)n1. The Balaban J connectivity index is 2.23. The normalized spacial score (nSPS) is 10.3. The standard InChI is InChI=1S/C14H17FN4O2/c1-4-7-16-12-17-13(20-3)19-14(18-12)21-10-6-5-9(2)11(15)8-10/h5-6,8H,4,7H2,1-3H3,(H,16,17,18,19). The molecule has 0 radical (unpaired) electrons. The summed E-state index contributed by atoms with van der Waals surface area (Å²) >= 11 is 0. The van der Waals surface area contributed by atoms with E-state index in [1.807, 2.05) is 6.92 Å². The van der Waals surface area contributed by atoms with Gasteiger partial charge < -0.3 is 14.8 Å². The predicted octanol–water partition coefficient (Wildman–Crippen LogP) is 2.94. The summed E-state index contributed by atoms with van der Waals surface area (Å²) in [5.41, 5.74) is 0.542. The van der Waals surface area contributed by atoms with Gasteiger partial charge in [-0.05, 0) is 25.0 Å². The van der Waals surface area contributed by atoms with E-state index in [0.717, 1.165) is 6.42 Å². The van der Waals surface area contributed by atoms with Crippen molar-refractivity contribution in [1.29, 1.82) is 0 Å². The van der Waals surface area contributed by atoms with E-state index in [1.165, 1.54) is 13.2 Å². The van der Waals surface area contributed by atoms with Crippen LogP contribution in [0.15, 0.2) is 18.2 Å². The van der Waals surface area contributed by atoms with Crippen molar-refractivity contribution in [1.82, 2.24) is 15.0 Å². The van der Waals surface area contributed by atoms with Crippen LogP contribution in [0.25, 0.3) is 0 Å². The topological polar surface area (TPSA) is 69.2 Å². The van der Waals surface area contributed by atoms with Crippen LogP contribution in [0, 0.1) is 12.7 Å². The molecule has 0 spiro atoms. The number of benzene rings is 1. The third-order valence-electron chi connectivity index (χ3n) is 2.66. The van der Waals surface area contributed by atoms with Crippen LogP contribution in [0.1, 0.15) is 18.9 Å². The second-order valence-corrected chi connectivity index (χ2v) is 4.37. The highest BCUT2D eigenvalue weighted by molar-refractivity contribution is 5.32. The summed E-state index contributed by atoms with van der Waals surface area (Å²) in [5, 5.41) is 3.02. The van der Waals surface area contributed by atoms with Crippen LogP contribution in [-0.4, -0.2) is 28.6 Å². The molecule has 1 aromatic heterocycles. The van der Waals surface area contributed by atoms with Crippen LogP contribution in [0.4, 0.5) is 10.3 Å². The number of aryl methyl sites for hydroxylation is 1. The molecule has 1 aromatic carbocycles. The maximum Gasteiger partial charge on any atom is 0.330 e. The molecule has 6 nitrogen and oxygen atoms in total. The van der Waals surface area contributed by atoms with Gasteiger partial charge in [-0.1, -0.05) is 13.0 Å². The largest absolute Gasteiger partial charge is 0.467 e. The van der Waals surface area contributed by atoms with Gasteiger partial charge in [-0.25, -0.2) is 4.39 Å². The van der Waals surface area contributed by atoms with Crippen molar-refractivity contribution in [3.63, 3.8) is 0 Å². The lowest BCUT2D eigenvalue weighted by Crippen LogP contribution is -2.07. The zero-order valence-electron chi connectivity index (χ0n) is 12.2. The lowest BCUT2D eigenvalue weighted by Gasteiger charge is -2.08. The maximum absolute atomic E-state index is 13.5. The molecule has 1 N–H and O–H groups in total. The predicted molar refractivity (Wildman–Crippen MR) is 76.4 cm³/mol. The minimum Gasteiger partial charge on any atom is -0.467 e. The lowest BCUT2D eigenvalue weighted by molar-refractivity contribution is 0.359. The number of hydrogen-bond donors (Lipinski definition) is 1. The molecule has 2 rings (SSSR count). The molecule has 0 aliphatic carbocycles. The van der Waals surface area contributed by atoms with E-state index in [4.69, 9.17) is 9.47 Å². The molecule has 0 unspecified atom stereocenters. The molecule has 112 valence electrons. The van der Waals surface area contributed by atoms with Gasteiger partial charge in [-0.2, -0.15) is 9.97 Å². The van der Waals surface area contributed by atoms with Crippen molar-refractivity contribution in [3.05, 3.63) is 29.6 Å². The first-order valence-corrected chi connectivity index (χ1v) is 6.60. The summed E-state index contributed by atoms with van der Waals surface area (Å²) in [5.74, 6) is 0.317. The molecule has 1 heterocycles. The van der Waals surface area contributed by atoms with Crippen molar-refractivity contribution < 1.29 is 13.9 Å². The van der Waals surface area contributed by atoms with Gasteiger partial charge in [0.2, 0.25) is 5.95 Å². The summed E-state index contributed by atoms with van der Waals surface area (Å²) in [6.07, 6.45) is 0.924. The molecule has 0 amide bonds. The minimum atomic E-state index is -0.349. The Morgan fingerprint density at radius 2 is 1.95 bits per heavy atom. The molecule has 0 atom stereocenters. The van der Waals surface area contributed by atoms with Gasteiger partial charge >= 0.3 is 12.0 Å². The molecule has 21 heavy (non-hydrogen) atoms. The summed E-state index contributed by atoms with van der Waals surface area (Å²) in [4.78, 5) is 12.1. The minimum absolute atomic E-state index is 0.0451. The van der Waals surface area contributed by atoms with E-state index < -0.39 is 0 Å². The Bertz CT molecular complexity index is 622. The zero-order chi connectivity index (χ0) is 15.2. The zero-order valence-corrected chi connectivity index (χ0v) is 12.2. The molecule has 0 fully saturated rings. The summed E-state index contributed by atoms with van der Waals surface area (Å²) in [6.45, 7) is 4.42. The molecule has 2 aromatic rings. The third-order valence-corrected chi connectivity index (χ3v) is 2.66. The lowest BCUT2D eigenvalue weighted by atomic mass is 10.2. The number of ether oxygens (including phenoxy) is 2. The van der Waals surface area contributed by atoms with E-state index in [-0.39, 0.29) is 17.8 Å². The second kappa shape index (κ2) is 6.83. The van der Waals surface area contributed by atoms with Gasteiger partial charge in [0, 0.05) is 12.6 Å². The van der Waals surface area contributed by atoms with Gasteiger partial charge in [0.05, 0.1) is 7.11 Å². The molecule has 0 aliphatic heterocycles. The summed E-state index contributed by atoms with van der Waals surface area (Å²) in [7, 11) is 1.45. The number of hydrogen-bond acceptors (Lipinski definition) is 6. The number of anilines is 1. The summed E-state index contributed by atoms with van der Waals surface area (Å²) < 4.78 is 24.0. The molecular weight excluding hydrogens is 275 g/mol. The second-order valence-electron chi connectivity index (χ2n) is 4.37. The fourth-order valence-electron chi connectivity index (χ4n) is 1.53. The Morgan fingerprint density at radius 1 is 1.19 bits per heavy atom. The first kappa shape index (κ1) is 15.0. The van der Waals surface area contributed by atoms with Crippen molar-refractivity contribution in [2.24, 2.45) is 0 Å². The van der Waals surface area contributed by atoms with Crippen LogP contribution in [0.2, 0.25) is 0 Å². The van der Waals surface area contributed by atoms with Crippen LogP contribution in [-0.2, 0) is 0 Å². The molecule has 0 bridgehead atoms. The van der Waals surface area contributed by atoms with Gasteiger partial charge in [-0.15, -0.1) is 4.98 Å². The summed E-state index contributed by atoms with van der Waals surface area (Å²) in [6, 6.07) is 4.73. The van der Waals surface area contributed by atoms with Crippen LogP contribution < -0.4 is 14.8 Å². The van der Waals surface area contributed by atoms with E-state index in [1.54, 1.807) is 19.1 Å². The highest BCUT2D eigenvalue weighted by Gasteiger charge is 2.09. The van der Waals surface area contributed by atoms with Gasteiger partial charge in [0.1, 0.15) is 11.6 Å². The quantitative estimate of drug-likeness (QED) is 0.882. The number of rotatable bonds is 6. The molecule has 0 saturated heterocycles. The number of methoxy groups -OCH3 is 1. The smallest absolute Gasteiger partial charge is 0.330 e. The number of nitrogens with zero attached hydrogens (tertiary/aromatic N) is 3. The highest BCUT2D eigenvalue weighted by atomic mass is 19.1. The fraction of sp³-hybridized carbons (Fsp3) is 0.357. The fourth-order valence-corrected chi connectivity index (χ4v) is 1.53. The van der Waals surface area contributed by atoms with E-state index in [0.29, 0.717) is 23.8 Å². The Morgan fingerprint density at radius 3 is 2.62 bits per heavy atom. The highest BCUT2D eigenvalue weighted by Crippen LogP contribution is 2.22. The molecular formula is C14H17FN4O2. The van der Waals surface area contributed by atoms with Crippen LogP contribution >= 0.6 is 0 Å². The average Bonchev–Trinajstić information content (AvgIpc) is 2.48. The first-order chi connectivity index (χ1) is 10.1. The van der Waals surface area contributed by atoms with Gasteiger partial charge in [-0.3, -0.25) is 0 Å². The Hall–Kier alpha value is -2.44. The number of halogens is 1. The van der Waals surface area contributed by atoms with Gasteiger partial charge in [0.25, 0.3) is 0 Å². The molecule has 7 heteroatoms. The third kappa shape index (κ3) is 4.01. The number of nitrogens with one attached hydrogen (secondary N) is 1. The molecule has 0 aliphatic rings. The number of aromatic nitrogens is 3. The van der Waals surface area contributed by atoms with Crippen molar-refractivity contribution >= 4 is 5.95 Å². The van der Waals surface area contributed by atoms with Crippen LogP contribution in [0.3, 0.4) is 0 Å². The average molecular weight is 292 g/mol. The first-order valence-electron chi connectivity index (χ1n) is 6.60. The Labute approximate surface area is 122 Å². The van der Waals surface area contributed by atoms with Gasteiger partial charge in [0.15, 0.2) is 0 Å². The maximum atomic E-state index is 13.5. The van der Waals surface area contributed by atoms with Crippen LogP contribution in [0.5, 0.6) is 17.8 Å². The van der Waals surface area contributed by atoms with Crippen molar-refractivity contribution in [3.8, 4) is 17.8 Å². The van der Waals surface area contributed by atoms with E-state index in [2.05, 4.69) is 20.3 Å². The molecule has 0 saturated carbocycles.